The Bertz CT molecular complexity index is 1360. The Morgan fingerprint density at radius 1 is 1.18 bits per heavy atom. The number of thiazole rings is 1. The van der Waals surface area contributed by atoms with Gasteiger partial charge < -0.3 is 10.1 Å². The minimum Gasteiger partial charge on any atom is -0.497 e. The van der Waals surface area contributed by atoms with Gasteiger partial charge in [-0.05, 0) is 42.8 Å². The van der Waals surface area contributed by atoms with E-state index in [9.17, 15) is 18.0 Å². The number of carbonyl (C=O) groups is 1. The lowest BCUT2D eigenvalue weighted by molar-refractivity contribution is -0.137. The summed E-state index contributed by atoms with van der Waals surface area (Å²) in [5, 5.41) is 7.76. The normalized spacial score (nSPS) is 16.4. The Morgan fingerprint density at radius 3 is 2.64 bits per heavy atom. The van der Waals surface area contributed by atoms with Crippen molar-refractivity contribution in [2.75, 3.05) is 18.2 Å². The smallest absolute Gasteiger partial charge is 0.416 e. The van der Waals surface area contributed by atoms with E-state index in [-0.39, 0.29) is 16.9 Å². The van der Waals surface area contributed by atoms with Crippen molar-refractivity contribution in [3.8, 4) is 10.9 Å². The number of anilines is 1. The van der Waals surface area contributed by atoms with E-state index in [4.69, 9.17) is 4.74 Å². The minimum atomic E-state index is -4.41. The molecule has 1 atom stereocenters. The first-order chi connectivity index (χ1) is 15.7. The van der Waals surface area contributed by atoms with Crippen molar-refractivity contribution in [3.63, 3.8) is 0 Å². The minimum absolute atomic E-state index is 0.164. The number of ether oxygens (including phenoxy) is 1. The maximum atomic E-state index is 13.0. The molecule has 5 rings (SSSR count). The van der Waals surface area contributed by atoms with Crippen LogP contribution in [0.2, 0.25) is 0 Å². The van der Waals surface area contributed by atoms with Gasteiger partial charge in [0, 0.05) is 5.56 Å². The molecule has 0 saturated heterocycles. The molecular weight excluding hydrogens is 473 g/mol. The Balaban J connectivity index is 1.61. The molecule has 33 heavy (non-hydrogen) atoms. The number of hydrogen-bond donors (Lipinski definition) is 1. The van der Waals surface area contributed by atoms with Crippen LogP contribution in [0.25, 0.3) is 15.3 Å². The zero-order valence-electron chi connectivity index (χ0n) is 17.4. The van der Waals surface area contributed by atoms with Gasteiger partial charge in [-0.15, -0.1) is 11.8 Å². The van der Waals surface area contributed by atoms with E-state index in [0.29, 0.717) is 28.0 Å². The lowest BCUT2D eigenvalue weighted by atomic mass is 10.0. The van der Waals surface area contributed by atoms with Gasteiger partial charge in [-0.2, -0.15) is 23.0 Å². The van der Waals surface area contributed by atoms with Crippen molar-refractivity contribution >= 4 is 45.0 Å². The number of benzene rings is 2. The monoisotopic (exact) mass is 490 g/mol. The van der Waals surface area contributed by atoms with Gasteiger partial charge in [0.15, 0.2) is 0 Å². The maximum Gasteiger partial charge on any atom is 0.416 e. The number of rotatable bonds is 3. The zero-order valence-corrected chi connectivity index (χ0v) is 19.1. The van der Waals surface area contributed by atoms with Crippen molar-refractivity contribution in [3.05, 3.63) is 64.8 Å². The molecule has 6 nitrogen and oxygen atoms in total. The topological polar surface area (TPSA) is 69.0 Å². The first-order valence-electron chi connectivity index (χ1n) is 9.87. The van der Waals surface area contributed by atoms with Crippen LogP contribution in [-0.4, -0.2) is 33.5 Å². The average molecular weight is 491 g/mol. The third kappa shape index (κ3) is 3.95. The van der Waals surface area contributed by atoms with Crippen LogP contribution < -0.4 is 10.1 Å². The highest BCUT2D eigenvalue weighted by atomic mass is 32.2. The van der Waals surface area contributed by atoms with Crippen LogP contribution in [0.15, 0.2) is 42.5 Å². The number of alkyl halides is 3. The SMILES string of the molecule is COc1ccc2nc(-n3nc(C)c4c3NC(=O)CS[C@H]4c3ccc(C(F)(F)F)cc3)sc2c1. The second kappa shape index (κ2) is 8.07. The molecule has 4 aromatic rings. The fourth-order valence-corrected chi connectivity index (χ4v) is 5.88. The van der Waals surface area contributed by atoms with Crippen molar-refractivity contribution in [1.82, 2.24) is 14.8 Å². The van der Waals surface area contributed by atoms with Gasteiger partial charge in [0.05, 0.1) is 39.6 Å². The molecule has 2 aromatic carbocycles. The lowest BCUT2D eigenvalue weighted by Gasteiger charge is -2.16. The largest absolute Gasteiger partial charge is 0.497 e. The lowest BCUT2D eigenvalue weighted by Crippen LogP contribution is -2.15. The summed E-state index contributed by atoms with van der Waals surface area (Å²) < 4.78 is 46.8. The van der Waals surface area contributed by atoms with Crippen LogP contribution in [0.3, 0.4) is 0 Å². The summed E-state index contributed by atoms with van der Waals surface area (Å²) in [7, 11) is 1.59. The summed E-state index contributed by atoms with van der Waals surface area (Å²) in [6, 6.07) is 10.6. The number of aryl methyl sites for hydroxylation is 1. The molecule has 1 amide bonds. The number of methoxy groups -OCH3 is 1. The van der Waals surface area contributed by atoms with E-state index in [1.54, 1.807) is 11.8 Å². The highest BCUT2D eigenvalue weighted by molar-refractivity contribution is 8.00. The fourth-order valence-electron chi connectivity index (χ4n) is 3.74. The molecule has 1 aliphatic rings. The third-order valence-corrected chi connectivity index (χ3v) is 7.58. The van der Waals surface area contributed by atoms with Gasteiger partial charge >= 0.3 is 6.18 Å². The molecule has 0 saturated carbocycles. The van der Waals surface area contributed by atoms with Crippen LogP contribution >= 0.6 is 23.1 Å². The number of hydrogen-bond acceptors (Lipinski definition) is 6. The number of nitrogens with zero attached hydrogens (tertiary/aromatic N) is 3. The van der Waals surface area contributed by atoms with Crippen LogP contribution in [0.5, 0.6) is 5.75 Å². The van der Waals surface area contributed by atoms with Gasteiger partial charge in [-0.25, -0.2) is 4.98 Å². The standard InChI is InChI=1S/C22H17F3N4O2S2/c1-11-18-19(12-3-5-13(6-4-12)22(23,24)25)32-10-17(30)27-20(18)29(28-11)21-26-15-8-7-14(31-2)9-16(15)33-21/h3-9,19H,10H2,1-2H3,(H,27,30)/t19-/m0/s1. The van der Waals surface area contributed by atoms with Crippen LogP contribution in [0, 0.1) is 6.92 Å². The summed E-state index contributed by atoms with van der Waals surface area (Å²) in [5.74, 6) is 1.15. The summed E-state index contributed by atoms with van der Waals surface area (Å²) in [6.45, 7) is 1.82. The number of thioether (sulfide) groups is 1. The highest BCUT2D eigenvalue weighted by Crippen LogP contribution is 2.45. The molecule has 0 radical (unpaired) electrons. The van der Waals surface area contributed by atoms with Crippen LogP contribution in [-0.2, 0) is 11.0 Å². The number of fused-ring (bicyclic) bond motifs is 2. The molecule has 0 bridgehead atoms. The molecule has 1 aliphatic heterocycles. The molecule has 170 valence electrons. The molecular formula is C22H17F3N4O2S2. The van der Waals surface area contributed by atoms with E-state index < -0.39 is 11.7 Å². The van der Waals surface area contributed by atoms with Crippen molar-refractivity contribution < 1.29 is 22.7 Å². The van der Waals surface area contributed by atoms with Crippen molar-refractivity contribution in [2.45, 2.75) is 18.3 Å². The van der Waals surface area contributed by atoms with E-state index in [0.717, 1.165) is 27.9 Å². The Labute approximate surface area is 194 Å². The summed E-state index contributed by atoms with van der Waals surface area (Å²) in [4.78, 5) is 17.2. The average Bonchev–Trinajstić information content (AvgIpc) is 3.28. The van der Waals surface area contributed by atoms with Gasteiger partial charge in [0.2, 0.25) is 11.0 Å². The second-order valence-electron chi connectivity index (χ2n) is 7.45. The van der Waals surface area contributed by atoms with Gasteiger partial charge in [0.1, 0.15) is 11.6 Å². The summed E-state index contributed by atoms with van der Waals surface area (Å²) in [6.07, 6.45) is -4.41. The predicted octanol–water partition coefficient (Wildman–Crippen LogP) is 5.59. The highest BCUT2D eigenvalue weighted by Gasteiger charge is 2.33. The molecule has 3 heterocycles. The van der Waals surface area contributed by atoms with Crippen LogP contribution in [0.1, 0.15) is 27.6 Å². The van der Waals surface area contributed by atoms with E-state index in [1.807, 2.05) is 25.1 Å². The zero-order chi connectivity index (χ0) is 23.3. The molecule has 0 fully saturated rings. The summed E-state index contributed by atoms with van der Waals surface area (Å²) >= 11 is 2.76. The quantitative estimate of drug-likeness (QED) is 0.405. The molecule has 0 unspecified atom stereocenters. The number of aromatic nitrogens is 3. The van der Waals surface area contributed by atoms with E-state index >= 15 is 0 Å². The fraction of sp³-hybridized carbons (Fsp3) is 0.227. The molecule has 2 aromatic heterocycles. The Kier molecular flexibility index (Phi) is 5.32. The predicted molar refractivity (Wildman–Crippen MR) is 122 cm³/mol. The van der Waals surface area contributed by atoms with Gasteiger partial charge in [-0.3, -0.25) is 4.79 Å². The first-order valence-corrected chi connectivity index (χ1v) is 11.7. The van der Waals surface area contributed by atoms with E-state index in [2.05, 4.69) is 15.4 Å². The van der Waals surface area contributed by atoms with Crippen molar-refractivity contribution in [1.29, 1.82) is 0 Å². The Hall–Kier alpha value is -3.05. The molecule has 1 N–H and O–H groups in total. The first kappa shape index (κ1) is 21.8. The van der Waals surface area contributed by atoms with Gasteiger partial charge in [-0.1, -0.05) is 23.5 Å². The van der Waals surface area contributed by atoms with Crippen LogP contribution in [0.4, 0.5) is 19.0 Å². The summed E-state index contributed by atoms with van der Waals surface area (Å²) in [5.41, 5.74) is 2.15. The van der Waals surface area contributed by atoms with Gasteiger partial charge in [0.25, 0.3) is 0 Å². The molecule has 0 aliphatic carbocycles. The molecule has 0 spiro atoms. The molecule has 11 heteroatoms. The third-order valence-electron chi connectivity index (χ3n) is 5.31. The number of nitrogens with one attached hydrogen (secondary N) is 1. The maximum absolute atomic E-state index is 13.0. The number of amides is 1. The second-order valence-corrected chi connectivity index (χ2v) is 9.55. The number of halogens is 3. The Morgan fingerprint density at radius 2 is 1.94 bits per heavy atom. The van der Waals surface area contributed by atoms with E-state index in [1.165, 1.54) is 35.2 Å². The van der Waals surface area contributed by atoms with Crippen molar-refractivity contribution in [2.24, 2.45) is 0 Å². The number of carbonyl (C=O) groups excluding carboxylic acids is 1.